The molecule has 1 fully saturated rings. The van der Waals surface area contributed by atoms with Gasteiger partial charge in [-0.05, 0) is 61.9 Å². The molecule has 1 N–H and O–H groups in total. The first-order valence-corrected chi connectivity index (χ1v) is 12.3. The number of carbonyl (C=O) groups is 2. The van der Waals surface area contributed by atoms with Crippen LogP contribution in [0.5, 0.6) is 0 Å². The van der Waals surface area contributed by atoms with Crippen LogP contribution in [-0.2, 0) is 9.59 Å². The molecule has 2 amide bonds. The van der Waals surface area contributed by atoms with Crippen LogP contribution in [-0.4, -0.2) is 43.9 Å². The van der Waals surface area contributed by atoms with Crippen molar-refractivity contribution in [2.75, 3.05) is 22.5 Å². The van der Waals surface area contributed by atoms with Crippen molar-refractivity contribution in [2.45, 2.75) is 24.9 Å². The number of anilines is 2. The molecule has 0 atom stereocenters. The summed E-state index contributed by atoms with van der Waals surface area (Å²) in [5.41, 5.74) is 4.50. The fourth-order valence-corrected chi connectivity index (χ4v) is 4.70. The first-order chi connectivity index (χ1) is 17.1. The van der Waals surface area contributed by atoms with E-state index in [2.05, 4.69) is 20.5 Å². The molecular formula is C26H24N6O2S. The van der Waals surface area contributed by atoms with E-state index in [1.807, 2.05) is 72.2 Å². The highest BCUT2D eigenvalue weighted by molar-refractivity contribution is 7.99. The lowest BCUT2D eigenvalue weighted by Gasteiger charge is -2.16. The number of pyridine rings is 1. The first kappa shape index (κ1) is 22.8. The van der Waals surface area contributed by atoms with Gasteiger partial charge in [-0.15, -0.1) is 10.2 Å². The number of hydrogen-bond acceptors (Lipinski definition) is 6. The van der Waals surface area contributed by atoms with Crippen molar-refractivity contribution >= 4 is 35.0 Å². The second-order valence-electron chi connectivity index (χ2n) is 8.25. The van der Waals surface area contributed by atoms with Crippen LogP contribution in [0.15, 0.2) is 78.2 Å². The summed E-state index contributed by atoms with van der Waals surface area (Å²) in [6.45, 7) is 2.78. The molecule has 4 aromatic rings. The van der Waals surface area contributed by atoms with Crippen LogP contribution in [0.25, 0.3) is 17.1 Å². The largest absolute Gasteiger partial charge is 0.325 e. The Morgan fingerprint density at radius 3 is 2.37 bits per heavy atom. The van der Waals surface area contributed by atoms with Gasteiger partial charge in [-0.2, -0.15) is 0 Å². The summed E-state index contributed by atoms with van der Waals surface area (Å²) in [6, 6.07) is 19.2. The smallest absolute Gasteiger partial charge is 0.234 e. The average molecular weight is 485 g/mol. The quantitative estimate of drug-likeness (QED) is 0.389. The number of aromatic nitrogens is 4. The number of amides is 2. The predicted octanol–water partition coefficient (Wildman–Crippen LogP) is 4.50. The third kappa shape index (κ3) is 5.09. The number of carbonyl (C=O) groups excluding carboxylic acids is 2. The number of nitrogens with zero attached hydrogens (tertiary/aromatic N) is 5. The molecule has 0 aliphatic carbocycles. The summed E-state index contributed by atoms with van der Waals surface area (Å²) >= 11 is 1.32. The zero-order valence-corrected chi connectivity index (χ0v) is 20.0. The van der Waals surface area contributed by atoms with Crippen LogP contribution in [0.1, 0.15) is 18.4 Å². The van der Waals surface area contributed by atoms with Crippen LogP contribution in [0.3, 0.4) is 0 Å². The molecule has 0 unspecified atom stereocenters. The fourth-order valence-electron chi connectivity index (χ4n) is 3.95. The maximum absolute atomic E-state index is 12.7. The van der Waals surface area contributed by atoms with E-state index in [1.165, 1.54) is 11.8 Å². The highest BCUT2D eigenvalue weighted by Gasteiger charge is 2.21. The Hall–Kier alpha value is -3.98. The van der Waals surface area contributed by atoms with Crippen molar-refractivity contribution in [1.29, 1.82) is 0 Å². The zero-order valence-electron chi connectivity index (χ0n) is 19.2. The molecule has 176 valence electrons. The van der Waals surface area contributed by atoms with E-state index in [9.17, 15) is 9.59 Å². The molecule has 8 nitrogen and oxygen atoms in total. The number of benzene rings is 2. The van der Waals surface area contributed by atoms with Gasteiger partial charge < -0.3 is 10.2 Å². The minimum atomic E-state index is -0.149. The molecular weight excluding hydrogens is 460 g/mol. The van der Waals surface area contributed by atoms with Crippen molar-refractivity contribution in [2.24, 2.45) is 0 Å². The highest BCUT2D eigenvalue weighted by Crippen LogP contribution is 2.28. The second kappa shape index (κ2) is 10.1. The Bertz CT molecular complexity index is 1340. The van der Waals surface area contributed by atoms with E-state index >= 15 is 0 Å². The Balaban J connectivity index is 1.30. The third-order valence-corrected chi connectivity index (χ3v) is 6.66. The molecule has 0 spiro atoms. The lowest BCUT2D eigenvalue weighted by Crippen LogP contribution is -2.23. The number of thioether (sulfide) groups is 1. The summed E-state index contributed by atoms with van der Waals surface area (Å²) in [4.78, 5) is 30.5. The van der Waals surface area contributed by atoms with Crippen molar-refractivity contribution in [3.8, 4) is 17.1 Å². The van der Waals surface area contributed by atoms with Gasteiger partial charge in [0.1, 0.15) is 0 Å². The molecule has 2 aromatic carbocycles. The molecule has 0 saturated carbocycles. The van der Waals surface area contributed by atoms with E-state index in [0.717, 1.165) is 35.5 Å². The minimum absolute atomic E-state index is 0.141. The van der Waals surface area contributed by atoms with E-state index in [-0.39, 0.29) is 17.6 Å². The molecule has 5 rings (SSSR count). The second-order valence-corrected chi connectivity index (χ2v) is 9.19. The van der Waals surface area contributed by atoms with Gasteiger partial charge in [-0.1, -0.05) is 29.5 Å². The highest BCUT2D eigenvalue weighted by atomic mass is 32.2. The van der Waals surface area contributed by atoms with Crippen LogP contribution in [0, 0.1) is 6.92 Å². The Kier molecular flexibility index (Phi) is 6.58. The Labute approximate surface area is 207 Å². The molecule has 35 heavy (non-hydrogen) atoms. The molecule has 1 aliphatic rings. The van der Waals surface area contributed by atoms with E-state index in [0.29, 0.717) is 23.1 Å². The normalized spacial score (nSPS) is 13.3. The van der Waals surface area contributed by atoms with Crippen molar-refractivity contribution in [3.05, 3.63) is 78.6 Å². The van der Waals surface area contributed by atoms with Gasteiger partial charge in [-0.25, -0.2) is 0 Å². The van der Waals surface area contributed by atoms with Crippen molar-refractivity contribution in [3.63, 3.8) is 0 Å². The van der Waals surface area contributed by atoms with Gasteiger partial charge in [0.05, 0.1) is 5.75 Å². The molecule has 1 aliphatic heterocycles. The Morgan fingerprint density at radius 1 is 0.971 bits per heavy atom. The van der Waals surface area contributed by atoms with E-state index in [1.54, 1.807) is 17.3 Å². The molecule has 2 aromatic heterocycles. The topological polar surface area (TPSA) is 93.0 Å². The van der Waals surface area contributed by atoms with Crippen molar-refractivity contribution < 1.29 is 9.59 Å². The molecule has 3 heterocycles. The predicted molar refractivity (Wildman–Crippen MR) is 137 cm³/mol. The summed E-state index contributed by atoms with van der Waals surface area (Å²) in [5, 5.41) is 12.3. The van der Waals surface area contributed by atoms with Gasteiger partial charge in [0.15, 0.2) is 11.0 Å². The van der Waals surface area contributed by atoms with E-state index < -0.39 is 0 Å². The van der Waals surface area contributed by atoms with Gasteiger partial charge in [-0.3, -0.25) is 19.1 Å². The maximum Gasteiger partial charge on any atom is 0.234 e. The zero-order chi connectivity index (χ0) is 24.2. The molecule has 0 bridgehead atoms. The summed E-state index contributed by atoms with van der Waals surface area (Å²) in [6.07, 6.45) is 4.90. The van der Waals surface area contributed by atoms with Crippen LogP contribution in [0.4, 0.5) is 11.4 Å². The summed E-state index contributed by atoms with van der Waals surface area (Å²) in [7, 11) is 0. The van der Waals surface area contributed by atoms with Crippen LogP contribution < -0.4 is 10.2 Å². The molecule has 0 radical (unpaired) electrons. The summed E-state index contributed by atoms with van der Waals surface area (Å²) in [5.74, 6) is 0.851. The standard InChI is InChI=1S/C26H24N6O2S/c1-18-4-8-22(9-5-18)32-25(19-12-14-27-15-13-19)29-30-26(32)35-17-23(33)28-20-6-10-21(11-7-20)31-16-2-3-24(31)34/h4-15H,2-3,16-17H2,1H3,(H,28,33). The minimum Gasteiger partial charge on any atom is -0.325 e. The fraction of sp³-hybridized carbons (Fsp3) is 0.192. The number of hydrogen-bond donors (Lipinski definition) is 1. The lowest BCUT2D eigenvalue weighted by atomic mass is 10.2. The number of aryl methyl sites for hydroxylation is 1. The van der Waals surface area contributed by atoms with Gasteiger partial charge >= 0.3 is 0 Å². The number of rotatable bonds is 7. The van der Waals surface area contributed by atoms with Gasteiger partial charge in [0.25, 0.3) is 0 Å². The van der Waals surface area contributed by atoms with Gasteiger partial charge in [0, 0.05) is 48.0 Å². The van der Waals surface area contributed by atoms with Crippen molar-refractivity contribution in [1.82, 2.24) is 19.7 Å². The monoisotopic (exact) mass is 484 g/mol. The Morgan fingerprint density at radius 2 is 1.69 bits per heavy atom. The lowest BCUT2D eigenvalue weighted by molar-refractivity contribution is -0.117. The SMILES string of the molecule is Cc1ccc(-n2c(SCC(=O)Nc3ccc(N4CCCC4=O)cc3)nnc2-c2ccncc2)cc1. The van der Waals surface area contributed by atoms with E-state index in [4.69, 9.17) is 0 Å². The average Bonchev–Trinajstić information content (AvgIpc) is 3.50. The van der Waals surface area contributed by atoms with Gasteiger partial charge in [0.2, 0.25) is 11.8 Å². The van der Waals surface area contributed by atoms with Crippen LogP contribution >= 0.6 is 11.8 Å². The number of nitrogens with one attached hydrogen (secondary N) is 1. The molecule has 1 saturated heterocycles. The van der Waals surface area contributed by atoms with Crippen LogP contribution in [0.2, 0.25) is 0 Å². The molecule has 9 heteroatoms. The third-order valence-electron chi connectivity index (χ3n) is 5.73. The first-order valence-electron chi connectivity index (χ1n) is 11.3. The summed E-state index contributed by atoms with van der Waals surface area (Å²) < 4.78 is 1.95. The maximum atomic E-state index is 12.7.